The van der Waals surface area contributed by atoms with Crippen molar-refractivity contribution in [3.8, 4) is 0 Å². The van der Waals surface area contributed by atoms with E-state index in [-0.39, 0.29) is 23.6 Å². The quantitative estimate of drug-likeness (QED) is 0.525. The molecule has 0 saturated carbocycles. The number of benzene rings is 2. The van der Waals surface area contributed by atoms with Crippen LogP contribution >= 0.6 is 0 Å². The fourth-order valence-electron chi connectivity index (χ4n) is 3.50. The second-order valence-electron chi connectivity index (χ2n) is 7.56. The highest BCUT2D eigenvalue weighted by Crippen LogP contribution is 2.17. The largest absolute Gasteiger partial charge is 0.459 e. The maximum atomic E-state index is 12.3. The van der Waals surface area contributed by atoms with E-state index in [9.17, 15) is 14.4 Å². The topological polar surface area (TPSA) is 104 Å². The summed E-state index contributed by atoms with van der Waals surface area (Å²) in [4.78, 5) is 37.9. The highest BCUT2D eigenvalue weighted by atomic mass is 16.3. The molecular formula is C24H24N4O4. The van der Waals surface area contributed by atoms with Crippen LogP contribution in [0.2, 0.25) is 0 Å². The van der Waals surface area contributed by atoms with Crippen LogP contribution in [0, 0.1) is 0 Å². The number of anilines is 2. The van der Waals surface area contributed by atoms with Gasteiger partial charge in [-0.05, 0) is 53.9 Å². The van der Waals surface area contributed by atoms with Gasteiger partial charge >= 0.3 is 6.03 Å². The van der Waals surface area contributed by atoms with Gasteiger partial charge < -0.3 is 25.3 Å². The van der Waals surface area contributed by atoms with Crippen molar-refractivity contribution < 1.29 is 18.8 Å². The smallest absolute Gasteiger partial charge is 0.319 e. The fraction of sp³-hybridized carbons (Fsp3) is 0.208. The molecule has 3 N–H and O–H groups in total. The third-order valence-electron chi connectivity index (χ3n) is 5.14. The molecule has 8 nitrogen and oxygen atoms in total. The Hall–Kier alpha value is -4.07. The molecule has 0 radical (unpaired) electrons. The van der Waals surface area contributed by atoms with E-state index in [2.05, 4.69) is 16.0 Å². The van der Waals surface area contributed by atoms with E-state index >= 15 is 0 Å². The molecule has 8 heteroatoms. The first-order chi connectivity index (χ1) is 15.6. The molecule has 0 spiro atoms. The molecule has 1 aliphatic heterocycles. The van der Waals surface area contributed by atoms with Gasteiger partial charge in [0, 0.05) is 37.4 Å². The van der Waals surface area contributed by atoms with Crippen LogP contribution in [-0.4, -0.2) is 29.3 Å². The van der Waals surface area contributed by atoms with Crippen molar-refractivity contribution in [3.63, 3.8) is 0 Å². The van der Waals surface area contributed by atoms with Crippen LogP contribution in [0.1, 0.15) is 34.5 Å². The number of hydrogen-bond acceptors (Lipinski definition) is 4. The highest BCUT2D eigenvalue weighted by Gasteiger charge is 2.19. The first kappa shape index (κ1) is 21.2. The summed E-state index contributed by atoms with van der Waals surface area (Å²) in [6, 6.07) is 17.6. The molecule has 0 unspecified atom stereocenters. The number of likely N-dealkylation sites (tertiary alicyclic amines) is 1. The molecular weight excluding hydrogens is 408 g/mol. The first-order valence-electron chi connectivity index (χ1n) is 10.4. The van der Waals surface area contributed by atoms with Gasteiger partial charge in [0.2, 0.25) is 5.91 Å². The Kier molecular flexibility index (Phi) is 6.50. The van der Waals surface area contributed by atoms with Crippen LogP contribution in [0.4, 0.5) is 16.2 Å². The maximum Gasteiger partial charge on any atom is 0.319 e. The summed E-state index contributed by atoms with van der Waals surface area (Å²) in [5.41, 5.74) is 3.14. The number of urea groups is 1. The number of hydrogen-bond donors (Lipinski definition) is 3. The average molecular weight is 432 g/mol. The first-order valence-corrected chi connectivity index (χ1v) is 10.4. The summed E-state index contributed by atoms with van der Waals surface area (Å²) in [5.74, 6) is 0.0810. The van der Waals surface area contributed by atoms with Crippen LogP contribution in [0.5, 0.6) is 0 Å². The summed E-state index contributed by atoms with van der Waals surface area (Å²) >= 11 is 0. The van der Waals surface area contributed by atoms with E-state index in [1.54, 1.807) is 30.3 Å². The molecule has 1 aliphatic rings. The van der Waals surface area contributed by atoms with E-state index in [4.69, 9.17) is 4.42 Å². The summed E-state index contributed by atoms with van der Waals surface area (Å²) in [6.07, 6.45) is 2.98. The van der Waals surface area contributed by atoms with Crippen LogP contribution in [-0.2, 0) is 17.9 Å². The Labute approximate surface area is 185 Å². The minimum atomic E-state index is -0.338. The van der Waals surface area contributed by atoms with Gasteiger partial charge in [-0.3, -0.25) is 9.59 Å². The Morgan fingerprint density at radius 2 is 1.78 bits per heavy atom. The standard InChI is InChI=1S/C24H24N4O4/c29-22-7-2-12-28(22)16-17-8-10-19(11-9-17)27-24(31)25-15-18-4-1-5-20(14-18)26-23(30)21-6-3-13-32-21/h1,3-6,8-11,13-14H,2,7,12,15-16H2,(H,26,30)(H2,25,27,31). The minimum Gasteiger partial charge on any atom is -0.459 e. The molecule has 164 valence electrons. The Morgan fingerprint density at radius 3 is 2.50 bits per heavy atom. The van der Waals surface area contributed by atoms with Crippen molar-refractivity contribution >= 4 is 29.2 Å². The number of rotatable bonds is 7. The lowest BCUT2D eigenvalue weighted by atomic mass is 10.2. The molecule has 2 aromatic carbocycles. The molecule has 1 fully saturated rings. The lowest BCUT2D eigenvalue weighted by Gasteiger charge is -2.15. The summed E-state index contributed by atoms with van der Waals surface area (Å²) < 4.78 is 5.08. The van der Waals surface area contributed by atoms with Gasteiger partial charge in [0.05, 0.1) is 6.26 Å². The molecule has 0 aliphatic carbocycles. The molecule has 4 rings (SSSR count). The summed E-state index contributed by atoms with van der Waals surface area (Å²) in [7, 11) is 0. The summed E-state index contributed by atoms with van der Waals surface area (Å²) in [5, 5.41) is 8.36. The zero-order chi connectivity index (χ0) is 22.3. The van der Waals surface area contributed by atoms with Gasteiger partial charge in [-0.25, -0.2) is 4.79 Å². The van der Waals surface area contributed by atoms with Crippen molar-refractivity contribution in [3.05, 3.63) is 83.8 Å². The molecule has 1 saturated heterocycles. The fourth-order valence-corrected chi connectivity index (χ4v) is 3.50. The Morgan fingerprint density at radius 1 is 0.938 bits per heavy atom. The number of amides is 4. The van der Waals surface area contributed by atoms with Gasteiger partial charge in [0.1, 0.15) is 0 Å². The number of furan rings is 1. The molecule has 3 aromatic rings. The van der Waals surface area contributed by atoms with Crippen LogP contribution in [0.25, 0.3) is 0 Å². The normalized spacial score (nSPS) is 13.1. The average Bonchev–Trinajstić information content (AvgIpc) is 3.47. The third kappa shape index (κ3) is 5.54. The van der Waals surface area contributed by atoms with Gasteiger partial charge in [-0.2, -0.15) is 0 Å². The van der Waals surface area contributed by atoms with Crippen molar-refractivity contribution in [2.75, 3.05) is 17.2 Å². The van der Waals surface area contributed by atoms with Gasteiger partial charge in [0.15, 0.2) is 5.76 Å². The Balaban J connectivity index is 1.26. The van der Waals surface area contributed by atoms with E-state index < -0.39 is 0 Å². The predicted molar refractivity (Wildman–Crippen MR) is 120 cm³/mol. The molecule has 32 heavy (non-hydrogen) atoms. The third-order valence-corrected chi connectivity index (χ3v) is 5.14. The van der Waals surface area contributed by atoms with Crippen LogP contribution in [0.3, 0.4) is 0 Å². The number of nitrogens with zero attached hydrogens (tertiary/aromatic N) is 1. The van der Waals surface area contributed by atoms with Crippen molar-refractivity contribution in [2.45, 2.75) is 25.9 Å². The zero-order valence-corrected chi connectivity index (χ0v) is 17.5. The molecule has 2 heterocycles. The van der Waals surface area contributed by atoms with Crippen molar-refractivity contribution in [1.29, 1.82) is 0 Å². The SMILES string of the molecule is O=C(NCc1cccc(NC(=O)c2ccco2)c1)Nc1ccc(CN2CCCC2=O)cc1. The second-order valence-corrected chi connectivity index (χ2v) is 7.56. The monoisotopic (exact) mass is 432 g/mol. The van der Waals surface area contributed by atoms with Gasteiger partial charge in [0.25, 0.3) is 5.91 Å². The zero-order valence-electron chi connectivity index (χ0n) is 17.5. The predicted octanol–water partition coefficient (Wildman–Crippen LogP) is 3.98. The Bertz CT molecular complexity index is 1090. The van der Waals surface area contributed by atoms with E-state index in [0.29, 0.717) is 30.9 Å². The molecule has 4 amide bonds. The van der Waals surface area contributed by atoms with Crippen molar-refractivity contribution in [1.82, 2.24) is 10.2 Å². The van der Waals surface area contributed by atoms with Crippen LogP contribution in [0.15, 0.2) is 71.3 Å². The molecule has 1 aromatic heterocycles. The lowest BCUT2D eigenvalue weighted by Crippen LogP contribution is -2.28. The van der Waals surface area contributed by atoms with E-state index in [1.165, 1.54) is 6.26 Å². The van der Waals surface area contributed by atoms with Gasteiger partial charge in [-0.1, -0.05) is 24.3 Å². The van der Waals surface area contributed by atoms with Gasteiger partial charge in [-0.15, -0.1) is 0 Å². The molecule has 0 atom stereocenters. The number of carbonyl (C=O) groups excluding carboxylic acids is 3. The maximum absolute atomic E-state index is 12.3. The number of carbonyl (C=O) groups is 3. The highest BCUT2D eigenvalue weighted by molar-refractivity contribution is 6.02. The summed E-state index contributed by atoms with van der Waals surface area (Å²) in [6.45, 7) is 1.69. The molecule has 0 bridgehead atoms. The lowest BCUT2D eigenvalue weighted by molar-refractivity contribution is -0.128. The van der Waals surface area contributed by atoms with Crippen LogP contribution < -0.4 is 16.0 Å². The van der Waals surface area contributed by atoms with E-state index in [0.717, 1.165) is 24.1 Å². The van der Waals surface area contributed by atoms with E-state index in [1.807, 2.05) is 35.2 Å². The van der Waals surface area contributed by atoms with Crippen molar-refractivity contribution in [2.24, 2.45) is 0 Å². The number of nitrogens with one attached hydrogen (secondary N) is 3. The second kappa shape index (κ2) is 9.82. The minimum absolute atomic E-state index is 0.191.